The van der Waals surface area contributed by atoms with Gasteiger partial charge >= 0.3 is 0 Å². The molecule has 4 heteroatoms. The van der Waals surface area contributed by atoms with Crippen LogP contribution in [-0.4, -0.2) is 23.2 Å². The second kappa shape index (κ2) is 7.43. The molecule has 1 amide bonds. The fourth-order valence-corrected chi connectivity index (χ4v) is 2.25. The largest absolute Gasteiger partial charge is 0.388 e. The van der Waals surface area contributed by atoms with E-state index in [-0.39, 0.29) is 12.5 Å². The Bertz CT molecular complexity index is 609. The first-order chi connectivity index (χ1) is 10.5. The second-order valence-corrected chi connectivity index (χ2v) is 6.11. The van der Waals surface area contributed by atoms with Gasteiger partial charge in [0.25, 0.3) is 5.91 Å². The van der Waals surface area contributed by atoms with E-state index in [2.05, 4.69) is 5.32 Å². The van der Waals surface area contributed by atoms with Crippen molar-refractivity contribution in [2.45, 2.75) is 25.4 Å². The number of hydrogen-bond donors (Lipinski definition) is 2. The Labute approximate surface area is 135 Å². The molecule has 2 rings (SSSR count). The van der Waals surface area contributed by atoms with Crippen LogP contribution in [0.25, 0.3) is 0 Å². The third-order valence-corrected chi connectivity index (χ3v) is 3.78. The van der Waals surface area contributed by atoms with Crippen molar-refractivity contribution in [3.05, 3.63) is 70.7 Å². The first-order valence-electron chi connectivity index (χ1n) is 7.26. The van der Waals surface area contributed by atoms with Crippen molar-refractivity contribution in [2.24, 2.45) is 0 Å². The molecule has 0 aliphatic heterocycles. The Balaban J connectivity index is 1.83. The second-order valence-electron chi connectivity index (χ2n) is 5.67. The molecule has 0 heterocycles. The molecule has 2 N–H and O–H groups in total. The summed E-state index contributed by atoms with van der Waals surface area (Å²) in [6.45, 7) is 1.94. The molecule has 22 heavy (non-hydrogen) atoms. The molecule has 0 fully saturated rings. The van der Waals surface area contributed by atoms with Crippen LogP contribution in [-0.2, 0) is 6.42 Å². The third kappa shape index (κ3) is 5.17. The van der Waals surface area contributed by atoms with Gasteiger partial charge in [0.15, 0.2) is 0 Å². The van der Waals surface area contributed by atoms with E-state index in [4.69, 9.17) is 11.6 Å². The highest BCUT2D eigenvalue weighted by Crippen LogP contribution is 2.14. The maximum Gasteiger partial charge on any atom is 0.251 e. The van der Waals surface area contributed by atoms with Crippen molar-refractivity contribution in [3.8, 4) is 0 Å². The van der Waals surface area contributed by atoms with Crippen LogP contribution in [0.4, 0.5) is 0 Å². The third-order valence-electron chi connectivity index (χ3n) is 3.53. The standard InChI is InChI=1S/C18H20ClNO2/c1-18(22,12-11-14-5-3-2-4-6-14)13-20-17(21)15-7-9-16(19)10-8-15/h2-10,22H,11-13H2,1H3,(H,20,21)/t18-/m1/s1. The van der Waals surface area contributed by atoms with Crippen LogP contribution in [0.3, 0.4) is 0 Å². The molecular weight excluding hydrogens is 298 g/mol. The molecule has 0 saturated heterocycles. The summed E-state index contributed by atoms with van der Waals surface area (Å²) in [5.41, 5.74) is 0.757. The molecule has 0 saturated carbocycles. The molecule has 0 aromatic heterocycles. The number of amides is 1. The smallest absolute Gasteiger partial charge is 0.251 e. The number of hydrogen-bond acceptors (Lipinski definition) is 2. The Hall–Kier alpha value is -1.84. The molecule has 0 unspecified atom stereocenters. The highest BCUT2D eigenvalue weighted by Gasteiger charge is 2.21. The minimum absolute atomic E-state index is 0.210. The van der Waals surface area contributed by atoms with Gasteiger partial charge in [0.2, 0.25) is 0 Å². The minimum atomic E-state index is -0.947. The van der Waals surface area contributed by atoms with Gasteiger partial charge in [0.05, 0.1) is 5.60 Å². The topological polar surface area (TPSA) is 49.3 Å². The molecular formula is C18H20ClNO2. The lowest BCUT2D eigenvalue weighted by Gasteiger charge is -2.23. The zero-order valence-electron chi connectivity index (χ0n) is 12.6. The highest BCUT2D eigenvalue weighted by atomic mass is 35.5. The van der Waals surface area contributed by atoms with Crippen LogP contribution >= 0.6 is 11.6 Å². The summed E-state index contributed by atoms with van der Waals surface area (Å²) in [5, 5.41) is 13.7. The number of carbonyl (C=O) groups excluding carboxylic acids is 1. The molecule has 0 spiro atoms. The number of benzene rings is 2. The normalized spacial score (nSPS) is 13.4. The molecule has 0 aliphatic carbocycles. The van der Waals surface area contributed by atoms with Gasteiger partial charge in [-0.1, -0.05) is 41.9 Å². The van der Waals surface area contributed by atoms with E-state index in [1.807, 2.05) is 30.3 Å². The number of carbonyl (C=O) groups is 1. The predicted octanol–water partition coefficient (Wildman–Crippen LogP) is 3.45. The van der Waals surface area contributed by atoms with Gasteiger partial charge in [-0.05, 0) is 49.6 Å². The van der Waals surface area contributed by atoms with Gasteiger partial charge in [-0.3, -0.25) is 4.79 Å². The van der Waals surface area contributed by atoms with Gasteiger partial charge < -0.3 is 10.4 Å². The summed E-state index contributed by atoms with van der Waals surface area (Å²) in [4.78, 5) is 12.0. The van der Waals surface area contributed by atoms with Crippen LogP contribution in [0.15, 0.2) is 54.6 Å². The molecule has 2 aromatic rings. The maximum absolute atomic E-state index is 12.0. The Morgan fingerprint density at radius 1 is 1.14 bits per heavy atom. The number of aliphatic hydroxyl groups is 1. The van der Waals surface area contributed by atoms with Crippen LogP contribution in [0, 0.1) is 0 Å². The van der Waals surface area contributed by atoms with Crippen LogP contribution in [0.5, 0.6) is 0 Å². The van der Waals surface area contributed by atoms with Crippen LogP contribution < -0.4 is 5.32 Å². The summed E-state index contributed by atoms with van der Waals surface area (Å²) >= 11 is 5.79. The van der Waals surface area contributed by atoms with Crippen molar-refractivity contribution < 1.29 is 9.90 Å². The molecule has 116 valence electrons. The SMILES string of the molecule is C[C@@](O)(CCc1ccccc1)CNC(=O)c1ccc(Cl)cc1. The van der Waals surface area contributed by atoms with E-state index in [1.165, 1.54) is 5.56 Å². The summed E-state index contributed by atoms with van der Waals surface area (Å²) in [6, 6.07) is 16.7. The summed E-state index contributed by atoms with van der Waals surface area (Å²) in [6.07, 6.45) is 1.35. The average Bonchev–Trinajstić information content (AvgIpc) is 2.53. The van der Waals surface area contributed by atoms with Crippen molar-refractivity contribution in [1.29, 1.82) is 0 Å². The summed E-state index contributed by atoms with van der Waals surface area (Å²) in [7, 11) is 0. The van der Waals surface area contributed by atoms with Crippen molar-refractivity contribution in [1.82, 2.24) is 5.32 Å². The van der Waals surface area contributed by atoms with E-state index in [9.17, 15) is 9.90 Å². The summed E-state index contributed by atoms with van der Waals surface area (Å²) in [5.74, 6) is -0.211. The molecule has 3 nitrogen and oxygen atoms in total. The van der Waals surface area contributed by atoms with Gasteiger partial charge in [-0.15, -0.1) is 0 Å². The van der Waals surface area contributed by atoms with Gasteiger partial charge in [0, 0.05) is 17.1 Å². The van der Waals surface area contributed by atoms with Gasteiger partial charge in [-0.25, -0.2) is 0 Å². The Kier molecular flexibility index (Phi) is 5.58. The number of nitrogens with one attached hydrogen (secondary N) is 1. The van der Waals surface area contributed by atoms with Crippen LogP contribution in [0.1, 0.15) is 29.3 Å². The fourth-order valence-electron chi connectivity index (χ4n) is 2.12. The van der Waals surface area contributed by atoms with E-state index in [0.29, 0.717) is 17.0 Å². The van der Waals surface area contributed by atoms with Crippen molar-refractivity contribution >= 4 is 17.5 Å². The lowest BCUT2D eigenvalue weighted by atomic mass is 9.96. The summed E-state index contributed by atoms with van der Waals surface area (Å²) < 4.78 is 0. The zero-order valence-corrected chi connectivity index (χ0v) is 13.3. The lowest BCUT2D eigenvalue weighted by Crippen LogP contribution is -2.41. The molecule has 0 aliphatic rings. The van der Waals surface area contributed by atoms with E-state index in [0.717, 1.165) is 6.42 Å². The monoisotopic (exact) mass is 317 g/mol. The van der Waals surface area contributed by atoms with Crippen molar-refractivity contribution in [2.75, 3.05) is 6.54 Å². The molecule has 1 atom stereocenters. The number of rotatable bonds is 6. The number of halogens is 1. The fraction of sp³-hybridized carbons (Fsp3) is 0.278. The number of aryl methyl sites for hydroxylation is 1. The zero-order chi connectivity index (χ0) is 16.0. The Morgan fingerprint density at radius 3 is 2.41 bits per heavy atom. The maximum atomic E-state index is 12.0. The lowest BCUT2D eigenvalue weighted by molar-refractivity contribution is 0.0478. The highest BCUT2D eigenvalue weighted by molar-refractivity contribution is 6.30. The van der Waals surface area contributed by atoms with Gasteiger partial charge in [0.1, 0.15) is 0 Å². The van der Waals surface area contributed by atoms with Crippen LogP contribution in [0.2, 0.25) is 5.02 Å². The minimum Gasteiger partial charge on any atom is -0.388 e. The molecule has 2 aromatic carbocycles. The average molecular weight is 318 g/mol. The predicted molar refractivity (Wildman–Crippen MR) is 89.2 cm³/mol. The van der Waals surface area contributed by atoms with E-state index < -0.39 is 5.60 Å². The van der Waals surface area contributed by atoms with Gasteiger partial charge in [-0.2, -0.15) is 0 Å². The first-order valence-corrected chi connectivity index (χ1v) is 7.64. The van der Waals surface area contributed by atoms with E-state index in [1.54, 1.807) is 31.2 Å². The first kappa shape index (κ1) is 16.5. The Morgan fingerprint density at radius 2 is 1.77 bits per heavy atom. The van der Waals surface area contributed by atoms with Crippen molar-refractivity contribution in [3.63, 3.8) is 0 Å². The quantitative estimate of drug-likeness (QED) is 0.857. The van der Waals surface area contributed by atoms with E-state index >= 15 is 0 Å². The molecule has 0 radical (unpaired) electrons. The molecule has 0 bridgehead atoms.